The third-order valence-electron chi connectivity index (χ3n) is 11.4. The van der Waals surface area contributed by atoms with Crippen molar-refractivity contribution in [2.45, 2.75) is 65.2 Å². The Bertz CT molecular complexity index is 2380. The third-order valence-corrected chi connectivity index (χ3v) is 11.4. The van der Waals surface area contributed by atoms with Gasteiger partial charge in [0.1, 0.15) is 0 Å². The van der Waals surface area contributed by atoms with Crippen LogP contribution in [0.5, 0.6) is 0 Å². The number of anilines is 4. The predicted octanol–water partition coefficient (Wildman–Crippen LogP) is 12.4. The average molecular weight is 733 g/mol. The Hall–Kier alpha value is -5.84. The second-order valence-corrected chi connectivity index (χ2v) is 15.3. The van der Waals surface area contributed by atoms with Crippen molar-refractivity contribution in [1.82, 2.24) is 0 Å². The monoisotopic (exact) mass is 732 g/mol. The zero-order valence-corrected chi connectivity index (χ0v) is 33.2. The number of allylic oxidation sites excluding steroid dienone is 6. The maximum atomic E-state index is 6.38. The van der Waals surface area contributed by atoms with Crippen LogP contribution >= 0.6 is 0 Å². The normalized spacial score (nSPS) is 18.5. The van der Waals surface area contributed by atoms with Crippen molar-refractivity contribution in [3.63, 3.8) is 0 Å². The zero-order valence-electron chi connectivity index (χ0n) is 33.2. The van der Waals surface area contributed by atoms with Crippen LogP contribution in [0.4, 0.5) is 22.7 Å². The van der Waals surface area contributed by atoms with E-state index in [-0.39, 0.29) is 0 Å². The number of nitrogens with zero attached hydrogens (tertiary/aromatic N) is 2. The lowest BCUT2D eigenvalue weighted by atomic mass is 9.79. The molecule has 0 spiro atoms. The lowest BCUT2D eigenvalue weighted by molar-refractivity contribution is 0.00578. The van der Waals surface area contributed by atoms with Crippen LogP contribution < -0.4 is 15.3 Å². The van der Waals surface area contributed by atoms with Gasteiger partial charge < -0.3 is 19.1 Å². The van der Waals surface area contributed by atoms with Crippen molar-refractivity contribution in [3.8, 4) is 11.1 Å². The Labute approximate surface area is 333 Å². The summed E-state index contributed by atoms with van der Waals surface area (Å²) in [6, 6.07) is 45.9. The summed E-state index contributed by atoms with van der Waals surface area (Å²) in [6.45, 7) is 12.4. The SMILES string of the molecule is CC.CC1(C)OB(c2ccc(N(C3=CC=C=C(c4ccccc4)C=C3)c3ccc(-c4ccc5c(c4)C4=CC=CCC4N5c4ccccc4)cc3)cc2)OC1(C)C. The molecule has 0 N–H and O–H groups in total. The first-order valence-electron chi connectivity index (χ1n) is 19.9. The van der Waals surface area contributed by atoms with Gasteiger partial charge in [-0.05, 0) is 135 Å². The molecule has 1 unspecified atom stereocenters. The van der Waals surface area contributed by atoms with Gasteiger partial charge in [-0.2, -0.15) is 0 Å². The van der Waals surface area contributed by atoms with Gasteiger partial charge in [0.2, 0.25) is 0 Å². The Morgan fingerprint density at radius 3 is 1.98 bits per heavy atom. The lowest BCUT2D eigenvalue weighted by Crippen LogP contribution is -2.41. The molecule has 1 atom stereocenters. The van der Waals surface area contributed by atoms with Crippen molar-refractivity contribution >= 4 is 46.5 Å². The summed E-state index contributed by atoms with van der Waals surface area (Å²) in [5.74, 6) is 0. The van der Waals surface area contributed by atoms with E-state index in [9.17, 15) is 0 Å². The molecule has 5 aromatic carbocycles. The molecule has 278 valence electrons. The van der Waals surface area contributed by atoms with E-state index < -0.39 is 18.3 Å². The summed E-state index contributed by atoms with van der Waals surface area (Å²) in [6.07, 6.45) is 16.2. The minimum atomic E-state index is -0.419. The van der Waals surface area contributed by atoms with Crippen molar-refractivity contribution in [2.24, 2.45) is 0 Å². The summed E-state index contributed by atoms with van der Waals surface area (Å²) < 4.78 is 12.8. The van der Waals surface area contributed by atoms with Crippen LogP contribution in [-0.2, 0) is 9.31 Å². The first-order chi connectivity index (χ1) is 27.3. The number of para-hydroxylation sites is 1. The molecule has 9 rings (SSSR count). The zero-order chi connectivity index (χ0) is 38.9. The second kappa shape index (κ2) is 15.4. The van der Waals surface area contributed by atoms with Crippen LogP contribution in [0.15, 0.2) is 181 Å². The van der Waals surface area contributed by atoms with E-state index in [1.54, 1.807) is 0 Å². The fourth-order valence-corrected chi connectivity index (χ4v) is 7.81. The summed E-state index contributed by atoms with van der Waals surface area (Å²) in [5, 5.41) is 0. The minimum Gasteiger partial charge on any atom is -0.399 e. The quantitative estimate of drug-likeness (QED) is 0.123. The third kappa shape index (κ3) is 6.95. The van der Waals surface area contributed by atoms with E-state index in [4.69, 9.17) is 9.31 Å². The minimum absolute atomic E-state index is 0.307. The molecule has 0 radical (unpaired) electrons. The van der Waals surface area contributed by atoms with Crippen LogP contribution in [0.3, 0.4) is 0 Å². The number of hydrogen-bond donors (Lipinski definition) is 0. The Morgan fingerprint density at radius 1 is 0.679 bits per heavy atom. The van der Waals surface area contributed by atoms with Crippen molar-refractivity contribution in [3.05, 3.63) is 192 Å². The number of benzene rings is 5. The van der Waals surface area contributed by atoms with E-state index >= 15 is 0 Å². The summed E-state index contributed by atoms with van der Waals surface area (Å²) in [5.41, 5.74) is 16.6. The van der Waals surface area contributed by atoms with Crippen LogP contribution in [-0.4, -0.2) is 24.4 Å². The molecular formula is C51H49BN2O2. The molecule has 56 heavy (non-hydrogen) atoms. The van der Waals surface area contributed by atoms with E-state index in [0.717, 1.165) is 40.1 Å². The van der Waals surface area contributed by atoms with Gasteiger partial charge in [-0.25, -0.2) is 0 Å². The lowest BCUT2D eigenvalue weighted by Gasteiger charge is -2.32. The first kappa shape index (κ1) is 37.1. The number of hydrogen-bond acceptors (Lipinski definition) is 4. The maximum absolute atomic E-state index is 6.38. The van der Waals surface area contributed by atoms with Gasteiger partial charge in [0, 0.05) is 39.6 Å². The fourth-order valence-electron chi connectivity index (χ4n) is 7.81. The molecule has 5 heteroatoms. The first-order valence-corrected chi connectivity index (χ1v) is 19.9. The predicted molar refractivity (Wildman–Crippen MR) is 237 cm³/mol. The summed E-state index contributed by atoms with van der Waals surface area (Å²) in [7, 11) is -0.419. The van der Waals surface area contributed by atoms with Gasteiger partial charge in [-0.3, -0.25) is 0 Å². The molecule has 0 saturated carbocycles. The maximum Gasteiger partial charge on any atom is 0.494 e. The second-order valence-electron chi connectivity index (χ2n) is 15.3. The van der Waals surface area contributed by atoms with Gasteiger partial charge in [-0.15, -0.1) is 5.73 Å². The number of fused-ring (bicyclic) bond motifs is 3. The molecule has 1 fully saturated rings. The molecule has 4 nitrogen and oxygen atoms in total. The van der Waals surface area contributed by atoms with Gasteiger partial charge in [0.05, 0.1) is 17.2 Å². The van der Waals surface area contributed by atoms with Crippen LogP contribution in [0.25, 0.3) is 22.3 Å². The Morgan fingerprint density at radius 2 is 1.30 bits per heavy atom. The molecule has 0 aromatic heterocycles. The van der Waals surface area contributed by atoms with E-state index in [1.807, 2.05) is 26.0 Å². The highest BCUT2D eigenvalue weighted by Crippen LogP contribution is 2.48. The fraction of sp³-hybridized carbons (Fsp3) is 0.196. The molecule has 0 bridgehead atoms. The van der Waals surface area contributed by atoms with E-state index in [0.29, 0.717) is 6.04 Å². The summed E-state index contributed by atoms with van der Waals surface area (Å²) >= 11 is 0. The highest BCUT2D eigenvalue weighted by Gasteiger charge is 2.51. The molecule has 0 amide bonds. The molecule has 5 aromatic rings. The molecule has 2 aliphatic carbocycles. The molecular weight excluding hydrogens is 683 g/mol. The van der Waals surface area contributed by atoms with Crippen LogP contribution in [0.2, 0.25) is 0 Å². The largest absolute Gasteiger partial charge is 0.494 e. The average Bonchev–Trinajstić information content (AvgIpc) is 3.53. The van der Waals surface area contributed by atoms with Crippen molar-refractivity contribution in [1.29, 1.82) is 0 Å². The van der Waals surface area contributed by atoms with E-state index in [1.165, 1.54) is 33.6 Å². The standard InChI is InChI=1S/C49H43BN2O2.C2H6/c1-48(2)49(3,4)54-50(53-48)39-26-31-43(32-27-39)51(41-19-13-16-36(22-28-41)35-14-7-5-8-15-35)42-29-23-37(24-30-42)38-25-33-47-45(34-38)44-20-11-12-21-46(44)52(47)40-17-9-6-10-18-40;1-2/h5-15,17-20,22-34,46H,21H2,1-4H3;1-2H3. The van der Waals surface area contributed by atoms with Gasteiger partial charge >= 0.3 is 7.12 Å². The Kier molecular flexibility index (Phi) is 10.2. The van der Waals surface area contributed by atoms with Crippen molar-refractivity contribution < 1.29 is 9.31 Å². The Balaban J connectivity index is 0.00000217. The molecule has 4 aliphatic rings. The molecule has 2 aliphatic heterocycles. The number of rotatable bonds is 7. The van der Waals surface area contributed by atoms with Gasteiger partial charge in [0.15, 0.2) is 0 Å². The van der Waals surface area contributed by atoms with Gasteiger partial charge in [0.25, 0.3) is 0 Å². The van der Waals surface area contributed by atoms with Gasteiger partial charge in [-0.1, -0.05) is 111 Å². The molecule has 2 heterocycles. The van der Waals surface area contributed by atoms with Crippen LogP contribution in [0.1, 0.15) is 59.1 Å². The van der Waals surface area contributed by atoms with Crippen molar-refractivity contribution in [2.75, 3.05) is 9.80 Å². The topological polar surface area (TPSA) is 24.9 Å². The highest BCUT2D eigenvalue weighted by molar-refractivity contribution is 6.62. The highest BCUT2D eigenvalue weighted by atomic mass is 16.7. The smallest absolute Gasteiger partial charge is 0.399 e. The van der Waals surface area contributed by atoms with Crippen LogP contribution in [0, 0.1) is 0 Å². The van der Waals surface area contributed by atoms with E-state index in [2.05, 4.69) is 201 Å². The molecule has 1 saturated heterocycles. The summed E-state index contributed by atoms with van der Waals surface area (Å²) in [4.78, 5) is 4.79.